The summed E-state index contributed by atoms with van der Waals surface area (Å²) in [5.74, 6) is 0. The van der Waals surface area contributed by atoms with Gasteiger partial charge in [0.1, 0.15) is 0 Å². The van der Waals surface area contributed by atoms with Gasteiger partial charge in [-0.15, -0.1) is 0 Å². The van der Waals surface area contributed by atoms with E-state index in [0.717, 1.165) is 33.4 Å². The van der Waals surface area contributed by atoms with E-state index in [1.54, 1.807) is 0 Å². The van der Waals surface area contributed by atoms with Crippen molar-refractivity contribution in [2.45, 2.75) is 36.3 Å². The molecule has 0 saturated carbocycles. The van der Waals surface area contributed by atoms with Gasteiger partial charge in [-0.1, -0.05) is 0 Å². The van der Waals surface area contributed by atoms with Gasteiger partial charge in [-0.25, -0.2) is 0 Å². The Morgan fingerprint density at radius 1 is 0.306 bits per heavy atom. The summed E-state index contributed by atoms with van der Waals surface area (Å²) >= 11 is -5.52. The molecule has 0 unspecified atom stereocenters. The molecular formula is C42H42CrO4Si2. The second-order valence-electron chi connectivity index (χ2n) is 12.9. The van der Waals surface area contributed by atoms with Crippen molar-refractivity contribution in [2.24, 2.45) is 0 Å². The van der Waals surface area contributed by atoms with Crippen molar-refractivity contribution in [1.82, 2.24) is 0 Å². The van der Waals surface area contributed by atoms with Crippen LogP contribution in [0.5, 0.6) is 0 Å². The topological polar surface area (TPSA) is 52.6 Å². The molecular weight excluding hydrogens is 677 g/mol. The molecule has 6 aromatic carbocycles. The first kappa shape index (κ1) is 34.7. The zero-order chi connectivity index (χ0) is 33.8. The van der Waals surface area contributed by atoms with Gasteiger partial charge in [-0.3, -0.25) is 0 Å². The minimum absolute atomic E-state index is 0.537. The van der Waals surface area contributed by atoms with Crippen LogP contribution < -0.4 is 0 Å². The Morgan fingerprint density at radius 3 is 0.633 bits per heavy atom. The van der Waals surface area contributed by atoms with Crippen LogP contribution in [0.4, 0.5) is 0 Å². The van der Waals surface area contributed by atoms with Gasteiger partial charge in [0, 0.05) is 0 Å². The summed E-state index contributed by atoms with van der Waals surface area (Å²) in [5, 5.41) is 0. The average molecular weight is 719 g/mol. The van der Waals surface area contributed by atoms with E-state index in [4.69, 9.17) is 6.96 Å². The normalized spacial score (nSPS) is 12.1. The number of hydrogen-bond acceptors (Lipinski definition) is 4. The van der Waals surface area contributed by atoms with Crippen molar-refractivity contribution in [3.8, 4) is 0 Å². The monoisotopic (exact) mass is 718 g/mol. The molecule has 0 N–H and O–H groups in total. The summed E-state index contributed by atoms with van der Waals surface area (Å²) in [7, 11) is -6.38. The van der Waals surface area contributed by atoms with Gasteiger partial charge in [-0.2, -0.15) is 0 Å². The van der Waals surface area contributed by atoms with Crippen molar-refractivity contribution in [1.29, 1.82) is 0 Å². The van der Waals surface area contributed by atoms with E-state index in [-0.39, 0.29) is 0 Å². The number of rotatable bonds is 16. The van der Waals surface area contributed by atoms with Crippen LogP contribution in [0.15, 0.2) is 182 Å². The van der Waals surface area contributed by atoms with E-state index in [1.807, 2.05) is 109 Å². The molecule has 49 heavy (non-hydrogen) atoms. The zero-order valence-corrected chi connectivity index (χ0v) is 30.9. The molecule has 6 aromatic rings. The Kier molecular flexibility index (Phi) is 11.7. The fourth-order valence-corrected chi connectivity index (χ4v) is 21.0. The third kappa shape index (κ3) is 10.4. The first-order chi connectivity index (χ1) is 23.9. The Labute approximate surface area is 295 Å². The predicted octanol–water partition coefficient (Wildman–Crippen LogP) is 9.28. The Hall–Kier alpha value is -4.19. The summed E-state index contributed by atoms with van der Waals surface area (Å²) in [6, 6.07) is 64.1. The molecule has 0 heterocycles. The fraction of sp³-hybridized carbons (Fsp3) is 0.143. The predicted molar refractivity (Wildman–Crippen MR) is 196 cm³/mol. The van der Waals surface area contributed by atoms with Crippen molar-refractivity contribution in [3.05, 3.63) is 215 Å². The summed E-state index contributed by atoms with van der Waals surface area (Å²) in [4.78, 5) is 0. The summed E-state index contributed by atoms with van der Waals surface area (Å²) in [6.45, 7) is 0. The van der Waals surface area contributed by atoms with Crippen LogP contribution >= 0.6 is 0 Å². The van der Waals surface area contributed by atoms with Crippen LogP contribution in [0.3, 0.4) is 0 Å². The summed E-state index contributed by atoms with van der Waals surface area (Å²) in [5.41, 5.74) is 6.39. The molecule has 0 aliphatic heterocycles. The first-order valence-electron chi connectivity index (χ1n) is 16.8. The first-order valence-corrected chi connectivity index (χ1v) is 23.9. The maximum atomic E-state index is 14.9. The van der Waals surface area contributed by atoms with Crippen molar-refractivity contribution < 1.29 is 28.2 Å². The molecule has 0 bridgehead atoms. The van der Waals surface area contributed by atoms with Gasteiger partial charge >= 0.3 is 296 Å². The third-order valence-electron chi connectivity index (χ3n) is 8.77. The van der Waals surface area contributed by atoms with Crippen LogP contribution in [-0.4, -0.2) is 16.6 Å². The van der Waals surface area contributed by atoms with E-state index in [2.05, 4.69) is 72.8 Å². The van der Waals surface area contributed by atoms with Gasteiger partial charge < -0.3 is 0 Å². The SMILES string of the molecule is [O]=[Cr](=[O])([O][Si](Cc1ccccc1)(Cc1ccccc1)Cc1ccccc1)[O][Si](Cc1ccccc1)(Cc1ccccc1)Cc1ccccc1. The van der Waals surface area contributed by atoms with E-state index in [9.17, 15) is 7.61 Å². The van der Waals surface area contributed by atoms with Gasteiger partial charge in [0.05, 0.1) is 0 Å². The van der Waals surface area contributed by atoms with Crippen LogP contribution in [0.2, 0.25) is 0 Å². The van der Waals surface area contributed by atoms with Crippen LogP contribution in [-0.2, 0) is 64.4 Å². The van der Waals surface area contributed by atoms with Gasteiger partial charge in [-0.05, 0) is 0 Å². The molecule has 7 heteroatoms. The Bertz CT molecular complexity index is 1620. The van der Waals surface area contributed by atoms with E-state index >= 15 is 0 Å². The quantitative estimate of drug-likeness (QED) is 0.0937. The fourth-order valence-electron chi connectivity index (χ4n) is 6.81. The Balaban J connectivity index is 1.45. The number of hydrogen-bond donors (Lipinski definition) is 0. The van der Waals surface area contributed by atoms with Crippen LogP contribution in [0, 0.1) is 0 Å². The summed E-state index contributed by atoms with van der Waals surface area (Å²) in [6.07, 6.45) is 0. The molecule has 0 radical (unpaired) electrons. The second-order valence-corrected chi connectivity index (χ2v) is 22.9. The van der Waals surface area contributed by atoms with E-state index < -0.39 is 30.2 Å². The van der Waals surface area contributed by atoms with E-state index in [0.29, 0.717) is 36.3 Å². The third-order valence-corrected chi connectivity index (χ3v) is 21.4. The molecule has 6 rings (SSSR count). The zero-order valence-electron chi connectivity index (χ0n) is 27.6. The average Bonchev–Trinajstić information content (AvgIpc) is 3.10. The van der Waals surface area contributed by atoms with Crippen molar-refractivity contribution >= 4 is 16.6 Å². The maximum absolute atomic E-state index is 14.9. The standard InChI is InChI=1S/2C21H21OSi.Cr.2O/c2*22-23(16-19-10-4-1-5-11-19,17-20-12-6-2-7-13-20)18-21-14-8-3-9-15-21;;;/h2*1-15H,16-18H2;;;/q2*-1;+2;;. The van der Waals surface area contributed by atoms with Crippen LogP contribution in [0.1, 0.15) is 33.4 Å². The second kappa shape index (κ2) is 16.5. The van der Waals surface area contributed by atoms with Crippen LogP contribution in [0.25, 0.3) is 0 Å². The van der Waals surface area contributed by atoms with Gasteiger partial charge in [0.15, 0.2) is 0 Å². The molecule has 0 atom stereocenters. The van der Waals surface area contributed by atoms with E-state index in [1.165, 1.54) is 0 Å². The minimum atomic E-state index is -5.52. The molecule has 248 valence electrons. The molecule has 4 nitrogen and oxygen atoms in total. The molecule has 0 aromatic heterocycles. The van der Waals surface area contributed by atoms with Gasteiger partial charge in [0.2, 0.25) is 0 Å². The Morgan fingerprint density at radius 2 is 0.469 bits per heavy atom. The molecule has 0 amide bonds. The molecule has 0 saturated heterocycles. The molecule has 0 fully saturated rings. The van der Waals surface area contributed by atoms with Gasteiger partial charge in [0.25, 0.3) is 0 Å². The molecule has 0 spiro atoms. The number of benzene rings is 6. The molecule has 0 aliphatic rings. The van der Waals surface area contributed by atoms with Crippen molar-refractivity contribution in [3.63, 3.8) is 0 Å². The van der Waals surface area contributed by atoms with Crippen molar-refractivity contribution in [2.75, 3.05) is 0 Å². The summed E-state index contributed by atoms with van der Waals surface area (Å²) < 4.78 is 43.4. The molecule has 0 aliphatic carbocycles.